The van der Waals surface area contributed by atoms with Crippen molar-refractivity contribution in [3.05, 3.63) is 72.7 Å². The smallest absolute Gasteiger partial charge is 0.257 e. The van der Waals surface area contributed by atoms with Crippen molar-refractivity contribution in [2.24, 2.45) is 0 Å². The van der Waals surface area contributed by atoms with E-state index in [2.05, 4.69) is 15.4 Å². The van der Waals surface area contributed by atoms with Crippen LogP contribution in [0, 0.1) is 0 Å². The largest absolute Gasteiger partial charge is 0.486 e. The van der Waals surface area contributed by atoms with Gasteiger partial charge in [-0.05, 0) is 18.2 Å². The summed E-state index contributed by atoms with van der Waals surface area (Å²) in [6, 6.07) is 15.3. The number of ether oxygens (including phenoxy) is 2. The number of benzene rings is 2. The summed E-state index contributed by atoms with van der Waals surface area (Å²) < 4.78 is 13.4. The molecule has 1 aliphatic rings. The number of H-pyrrole nitrogens is 1. The van der Waals surface area contributed by atoms with Crippen molar-refractivity contribution in [1.82, 2.24) is 14.8 Å². The minimum Gasteiger partial charge on any atom is -0.486 e. The van der Waals surface area contributed by atoms with Crippen LogP contribution in [0.25, 0.3) is 10.9 Å². The average molecular weight is 374 g/mol. The molecule has 4 aromatic rings. The zero-order valence-corrected chi connectivity index (χ0v) is 15.0. The Balaban J connectivity index is 1.26. The van der Waals surface area contributed by atoms with E-state index in [0.717, 1.165) is 22.4 Å². The summed E-state index contributed by atoms with van der Waals surface area (Å²) in [4.78, 5) is 15.7. The number of para-hydroxylation sites is 3. The Labute approximate surface area is 160 Å². The number of carbonyl (C=O) groups is 1. The van der Waals surface area contributed by atoms with E-state index < -0.39 is 0 Å². The number of hydrogen-bond acceptors (Lipinski definition) is 4. The SMILES string of the molecule is O=C(Nc1cnn(CC2COc3ccccc3O2)c1)c1c[nH]c2ccccc12. The lowest BCUT2D eigenvalue weighted by Crippen LogP contribution is -2.33. The fourth-order valence-electron chi connectivity index (χ4n) is 3.35. The molecule has 28 heavy (non-hydrogen) atoms. The predicted octanol–water partition coefficient (Wildman–Crippen LogP) is 3.46. The van der Waals surface area contributed by atoms with E-state index in [1.54, 1.807) is 23.3 Å². The molecule has 1 unspecified atom stereocenters. The number of fused-ring (bicyclic) bond motifs is 2. The number of amides is 1. The number of aromatic nitrogens is 3. The van der Waals surface area contributed by atoms with Gasteiger partial charge in [0, 0.05) is 23.3 Å². The molecule has 5 rings (SSSR count). The van der Waals surface area contributed by atoms with E-state index in [-0.39, 0.29) is 12.0 Å². The van der Waals surface area contributed by atoms with Crippen molar-refractivity contribution in [3.63, 3.8) is 0 Å². The lowest BCUT2D eigenvalue weighted by Gasteiger charge is -2.26. The minimum absolute atomic E-state index is 0.146. The van der Waals surface area contributed by atoms with Crippen LogP contribution in [0.1, 0.15) is 10.4 Å². The lowest BCUT2D eigenvalue weighted by atomic mass is 10.1. The number of anilines is 1. The number of nitrogens with zero attached hydrogens (tertiary/aromatic N) is 2. The third-order valence-electron chi connectivity index (χ3n) is 4.68. The molecule has 0 fully saturated rings. The molecule has 0 bridgehead atoms. The van der Waals surface area contributed by atoms with Crippen molar-refractivity contribution in [2.75, 3.05) is 11.9 Å². The van der Waals surface area contributed by atoms with E-state index in [0.29, 0.717) is 24.4 Å². The molecule has 7 nitrogen and oxygen atoms in total. The normalized spacial score (nSPS) is 15.5. The van der Waals surface area contributed by atoms with Gasteiger partial charge >= 0.3 is 0 Å². The summed E-state index contributed by atoms with van der Waals surface area (Å²) in [5.41, 5.74) is 2.16. The number of hydrogen-bond donors (Lipinski definition) is 2. The van der Waals surface area contributed by atoms with Gasteiger partial charge in [0.15, 0.2) is 17.6 Å². The van der Waals surface area contributed by atoms with Gasteiger partial charge < -0.3 is 19.8 Å². The fourth-order valence-corrected chi connectivity index (χ4v) is 3.35. The van der Waals surface area contributed by atoms with Crippen molar-refractivity contribution < 1.29 is 14.3 Å². The van der Waals surface area contributed by atoms with Gasteiger partial charge in [-0.1, -0.05) is 30.3 Å². The molecule has 1 atom stereocenters. The van der Waals surface area contributed by atoms with Gasteiger partial charge in [0.05, 0.1) is 24.0 Å². The van der Waals surface area contributed by atoms with Crippen molar-refractivity contribution in [1.29, 1.82) is 0 Å². The van der Waals surface area contributed by atoms with Gasteiger partial charge in [0.25, 0.3) is 5.91 Å². The van der Waals surface area contributed by atoms with E-state index >= 15 is 0 Å². The third-order valence-corrected chi connectivity index (χ3v) is 4.68. The van der Waals surface area contributed by atoms with E-state index in [9.17, 15) is 4.79 Å². The maximum atomic E-state index is 12.6. The molecular weight excluding hydrogens is 356 g/mol. The van der Waals surface area contributed by atoms with Gasteiger partial charge in [0.1, 0.15) is 6.61 Å². The van der Waals surface area contributed by atoms with Crippen LogP contribution in [0.15, 0.2) is 67.1 Å². The zero-order chi connectivity index (χ0) is 18.9. The average Bonchev–Trinajstić information content (AvgIpc) is 3.34. The zero-order valence-electron chi connectivity index (χ0n) is 15.0. The van der Waals surface area contributed by atoms with Gasteiger partial charge in [-0.25, -0.2) is 0 Å². The Bertz CT molecular complexity index is 1150. The van der Waals surface area contributed by atoms with Crippen LogP contribution >= 0.6 is 0 Å². The molecular formula is C21H18N4O3. The molecule has 2 N–H and O–H groups in total. The van der Waals surface area contributed by atoms with E-state index in [1.807, 2.05) is 48.5 Å². The first-order valence-corrected chi connectivity index (χ1v) is 9.05. The fraction of sp³-hybridized carbons (Fsp3) is 0.143. The molecule has 0 radical (unpaired) electrons. The summed E-state index contributed by atoms with van der Waals surface area (Å²) in [6.45, 7) is 0.977. The second kappa shape index (κ2) is 6.77. The van der Waals surface area contributed by atoms with Crippen molar-refractivity contribution in [2.45, 2.75) is 12.6 Å². The summed E-state index contributed by atoms with van der Waals surface area (Å²) in [6.07, 6.45) is 4.99. The predicted molar refractivity (Wildman–Crippen MR) is 105 cm³/mol. The van der Waals surface area contributed by atoms with Gasteiger partial charge in [-0.3, -0.25) is 9.48 Å². The quantitative estimate of drug-likeness (QED) is 0.573. The summed E-state index contributed by atoms with van der Waals surface area (Å²) in [5.74, 6) is 1.31. The lowest BCUT2D eigenvalue weighted by molar-refractivity contribution is 0.0759. The first-order valence-electron chi connectivity index (χ1n) is 9.05. The number of aromatic amines is 1. The van der Waals surface area contributed by atoms with Crippen molar-refractivity contribution in [3.8, 4) is 11.5 Å². The summed E-state index contributed by atoms with van der Waals surface area (Å²) in [5, 5.41) is 8.10. The highest BCUT2D eigenvalue weighted by Crippen LogP contribution is 2.31. The highest BCUT2D eigenvalue weighted by Gasteiger charge is 2.21. The van der Waals surface area contributed by atoms with Crippen LogP contribution in [-0.4, -0.2) is 33.4 Å². The first-order chi connectivity index (χ1) is 13.8. The van der Waals surface area contributed by atoms with E-state index in [1.165, 1.54) is 0 Å². The second-order valence-electron chi connectivity index (χ2n) is 6.65. The minimum atomic E-state index is -0.178. The maximum absolute atomic E-state index is 12.6. The highest BCUT2D eigenvalue weighted by atomic mass is 16.6. The van der Waals surface area contributed by atoms with Crippen LogP contribution < -0.4 is 14.8 Å². The van der Waals surface area contributed by atoms with Gasteiger partial charge in [0.2, 0.25) is 0 Å². The van der Waals surface area contributed by atoms with Crippen LogP contribution in [0.4, 0.5) is 5.69 Å². The monoisotopic (exact) mass is 374 g/mol. The van der Waals surface area contributed by atoms with E-state index in [4.69, 9.17) is 9.47 Å². The molecule has 2 aromatic heterocycles. The molecule has 1 amide bonds. The summed E-state index contributed by atoms with van der Waals surface area (Å²) in [7, 11) is 0. The molecule has 0 saturated carbocycles. The molecule has 3 heterocycles. The Morgan fingerprint density at radius 3 is 2.93 bits per heavy atom. The molecule has 0 saturated heterocycles. The Morgan fingerprint density at radius 1 is 1.18 bits per heavy atom. The Hall–Kier alpha value is -3.74. The number of rotatable bonds is 4. The maximum Gasteiger partial charge on any atom is 0.257 e. The molecule has 140 valence electrons. The molecule has 2 aromatic carbocycles. The third kappa shape index (κ3) is 3.07. The van der Waals surface area contributed by atoms with Crippen molar-refractivity contribution >= 4 is 22.5 Å². The first kappa shape index (κ1) is 16.4. The van der Waals surface area contributed by atoms with Crippen LogP contribution in [-0.2, 0) is 6.54 Å². The Kier molecular flexibility index (Phi) is 3.97. The second-order valence-corrected chi connectivity index (χ2v) is 6.65. The number of nitrogens with one attached hydrogen (secondary N) is 2. The molecule has 0 aliphatic carbocycles. The van der Waals surface area contributed by atoms with Crippen LogP contribution in [0.2, 0.25) is 0 Å². The number of carbonyl (C=O) groups excluding carboxylic acids is 1. The molecule has 0 spiro atoms. The Morgan fingerprint density at radius 2 is 2.00 bits per heavy atom. The van der Waals surface area contributed by atoms with Crippen LogP contribution in [0.5, 0.6) is 11.5 Å². The van der Waals surface area contributed by atoms with Gasteiger partial charge in [-0.2, -0.15) is 5.10 Å². The summed E-state index contributed by atoms with van der Waals surface area (Å²) >= 11 is 0. The standard InChI is InChI=1S/C21H18N4O3/c26-21(17-10-22-18-6-2-1-5-16(17)18)24-14-9-23-25(11-14)12-15-13-27-19-7-3-4-8-20(19)28-15/h1-11,15,22H,12-13H2,(H,24,26). The van der Waals surface area contributed by atoms with Crippen LogP contribution in [0.3, 0.4) is 0 Å². The highest BCUT2D eigenvalue weighted by molar-refractivity contribution is 6.12. The molecule has 7 heteroatoms. The topological polar surface area (TPSA) is 81.2 Å². The molecule has 1 aliphatic heterocycles. The van der Waals surface area contributed by atoms with Gasteiger partial charge in [-0.15, -0.1) is 0 Å².